The zero-order valence-electron chi connectivity index (χ0n) is 12.6. The third kappa shape index (κ3) is 2.77. The molecule has 3 unspecified atom stereocenters. The minimum absolute atomic E-state index is 0.0537. The highest BCUT2D eigenvalue weighted by atomic mass is 32.2. The van der Waals surface area contributed by atoms with E-state index in [9.17, 15) is 5.11 Å². The van der Waals surface area contributed by atoms with Crippen molar-refractivity contribution < 1.29 is 14.6 Å². The lowest BCUT2D eigenvalue weighted by Gasteiger charge is -2.47. The molecule has 0 radical (unpaired) electrons. The Morgan fingerprint density at radius 3 is 2.70 bits per heavy atom. The summed E-state index contributed by atoms with van der Waals surface area (Å²) in [5, 5.41) is 11.0. The van der Waals surface area contributed by atoms with Gasteiger partial charge in [-0.1, -0.05) is 19.3 Å². The van der Waals surface area contributed by atoms with Crippen LogP contribution < -0.4 is 0 Å². The Morgan fingerprint density at radius 1 is 1.25 bits per heavy atom. The third-order valence-corrected chi connectivity index (χ3v) is 6.91. The maximum atomic E-state index is 11.0. The molecule has 4 heteroatoms. The lowest BCUT2D eigenvalue weighted by atomic mass is 9.71. The molecule has 1 spiro atoms. The Morgan fingerprint density at radius 2 is 2.05 bits per heavy atom. The minimum Gasteiger partial charge on any atom is -0.390 e. The van der Waals surface area contributed by atoms with E-state index in [-0.39, 0.29) is 17.3 Å². The molecule has 3 atom stereocenters. The van der Waals surface area contributed by atoms with Crippen LogP contribution in [0.2, 0.25) is 0 Å². The molecule has 0 aromatic carbocycles. The van der Waals surface area contributed by atoms with E-state index in [1.807, 2.05) is 11.8 Å². The van der Waals surface area contributed by atoms with Crippen LogP contribution in [0.25, 0.3) is 0 Å². The van der Waals surface area contributed by atoms with Crippen molar-refractivity contribution in [2.75, 3.05) is 25.2 Å². The van der Waals surface area contributed by atoms with E-state index in [0.29, 0.717) is 5.92 Å². The second kappa shape index (κ2) is 6.15. The van der Waals surface area contributed by atoms with Gasteiger partial charge in [0, 0.05) is 19.5 Å². The number of hydrogen-bond donors (Lipinski definition) is 1. The van der Waals surface area contributed by atoms with Crippen molar-refractivity contribution in [3.63, 3.8) is 0 Å². The standard InChI is InChI=1S/C16H28O3S/c1-18-16(6-3-2-4-7-16)14(17)13-5-9-19-15(11-13)8-10-20-12-15/h13-14,17H,2-12H2,1H3. The van der Waals surface area contributed by atoms with Crippen LogP contribution in [0, 0.1) is 5.92 Å². The average Bonchev–Trinajstić information content (AvgIpc) is 2.95. The maximum absolute atomic E-state index is 11.0. The summed E-state index contributed by atoms with van der Waals surface area (Å²) < 4.78 is 11.9. The second-order valence-corrected chi connectivity index (χ2v) is 7.97. The van der Waals surface area contributed by atoms with E-state index in [1.165, 1.54) is 25.0 Å². The van der Waals surface area contributed by atoms with Crippen LogP contribution in [0.3, 0.4) is 0 Å². The van der Waals surface area contributed by atoms with Gasteiger partial charge in [0.25, 0.3) is 0 Å². The van der Waals surface area contributed by atoms with Crippen molar-refractivity contribution in [3.05, 3.63) is 0 Å². The van der Waals surface area contributed by atoms with Gasteiger partial charge in [0.05, 0.1) is 17.3 Å². The van der Waals surface area contributed by atoms with Crippen LogP contribution in [0.15, 0.2) is 0 Å². The molecule has 1 saturated carbocycles. The van der Waals surface area contributed by atoms with Gasteiger partial charge < -0.3 is 14.6 Å². The summed E-state index contributed by atoms with van der Waals surface area (Å²) in [6.07, 6.45) is 8.54. The molecular weight excluding hydrogens is 272 g/mol. The van der Waals surface area contributed by atoms with Crippen LogP contribution in [0.4, 0.5) is 0 Å². The Hall–Kier alpha value is 0.230. The first kappa shape index (κ1) is 15.1. The molecule has 2 saturated heterocycles. The number of hydrogen-bond acceptors (Lipinski definition) is 4. The van der Waals surface area contributed by atoms with Gasteiger partial charge in [0.2, 0.25) is 0 Å². The van der Waals surface area contributed by atoms with Gasteiger partial charge in [-0.25, -0.2) is 0 Å². The molecule has 0 aromatic heterocycles. The number of aliphatic hydroxyl groups excluding tert-OH is 1. The van der Waals surface area contributed by atoms with E-state index in [0.717, 1.165) is 44.5 Å². The number of thioether (sulfide) groups is 1. The number of methoxy groups -OCH3 is 1. The predicted molar refractivity (Wildman–Crippen MR) is 82.2 cm³/mol. The molecule has 2 aliphatic heterocycles. The van der Waals surface area contributed by atoms with Gasteiger partial charge >= 0.3 is 0 Å². The summed E-state index contributed by atoms with van der Waals surface area (Å²) in [5.74, 6) is 2.66. The molecular formula is C16H28O3S. The zero-order chi connectivity index (χ0) is 14.1. The molecule has 2 heterocycles. The van der Waals surface area contributed by atoms with Crippen LogP contribution in [-0.2, 0) is 9.47 Å². The van der Waals surface area contributed by atoms with Crippen LogP contribution in [0.1, 0.15) is 51.4 Å². The highest BCUT2D eigenvalue weighted by Gasteiger charge is 2.48. The van der Waals surface area contributed by atoms with E-state index < -0.39 is 0 Å². The maximum Gasteiger partial charge on any atom is 0.0939 e. The third-order valence-electron chi connectivity index (χ3n) is 5.69. The molecule has 3 fully saturated rings. The van der Waals surface area contributed by atoms with E-state index in [1.54, 1.807) is 7.11 Å². The smallest absolute Gasteiger partial charge is 0.0939 e. The van der Waals surface area contributed by atoms with Gasteiger partial charge in [-0.05, 0) is 43.8 Å². The number of aliphatic hydroxyl groups is 1. The lowest BCUT2D eigenvalue weighted by Crippen LogP contribution is -2.53. The second-order valence-electron chi connectivity index (χ2n) is 6.86. The first-order valence-corrected chi connectivity index (χ1v) is 9.30. The number of rotatable bonds is 3. The highest BCUT2D eigenvalue weighted by molar-refractivity contribution is 7.99. The van der Waals surface area contributed by atoms with Crippen LogP contribution in [-0.4, -0.2) is 47.6 Å². The Balaban J connectivity index is 1.70. The first-order valence-electron chi connectivity index (χ1n) is 8.15. The average molecular weight is 300 g/mol. The molecule has 0 bridgehead atoms. The molecule has 3 aliphatic rings. The van der Waals surface area contributed by atoms with Gasteiger partial charge in [-0.3, -0.25) is 0 Å². The van der Waals surface area contributed by atoms with Gasteiger partial charge in [0.15, 0.2) is 0 Å². The van der Waals surface area contributed by atoms with Crippen molar-refractivity contribution in [3.8, 4) is 0 Å². The van der Waals surface area contributed by atoms with E-state index >= 15 is 0 Å². The molecule has 1 aliphatic carbocycles. The topological polar surface area (TPSA) is 38.7 Å². The minimum atomic E-state index is -0.320. The lowest BCUT2D eigenvalue weighted by molar-refractivity contribution is -0.172. The largest absolute Gasteiger partial charge is 0.390 e. The summed E-state index contributed by atoms with van der Waals surface area (Å²) in [6.45, 7) is 0.808. The SMILES string of the molecule is COC1(C(O)C2CCOC3(CCSC3)C2)CCCCC1. The molecule has 0 amide bonds. The summed E-state index contributed by atoms with van der Waals surface area (Å²) in [7, 11) is 1.79. The van der Waals surface area contributed by atoms with Gasteiger partial charge in [0.1, 0.15) is 0 Å². The van der Waals surface area contributed by atoms with E-state index in [2.05, 4.69) is 0 Å². The molecule has 20 heavy (non-hydrogen) atoms. The summed E-state index contributed by atoms with van der Waals surface area (Å²) in [6, 6.07) is 0. The zero-order valence-corrected chi connectivity index (χ0v) is 13.4. The molecule has 1 N–H and O–H groups in total. The van der Waals surface area contributed by atoms with Crippen molar-refractivity contribution in [2.45, 2.75) is 68.7 Å². The Kier molecular flexibility index (Phi) is 4.66. The quantitative estimate of drug-likeness (QED) is 0.869. The normalized spacial score (nSPS) is 39.0. The summed E-state index contributed by atoms with van der Waals surface area (Å²) in [4.78, 5) is 0. The highest BCUT2D eigenvalue weighted by Crippen LogP contribution is 2.45. The number of ether oxygens (including phenoxy) is 2. The fourth-order valence-electron chi connectivity index (χ4n) is 4.40. The fraction of sp³-hybridized carbons (Fsp3) is 1.00. The molecule has 116 valence electrons. The summed E-state index contributed by atoms with van der Waals surface area (Å²) in [5.41, 5.74) is -0.231. The van der Waals surface area contributed by atoms with Crippen molar-refractivity contribution in [1.82, 2.24) is 0 Å². The van der Waals surface area contributed by atoms with Crippen LogP contribution >= 0.6 is 11.8 Å². The van der Waals surface area contributed by atoms with Crippen LogP contribution in [0.5, 0.6) is 0 Å². The van der Waals surface area contributed by atoms with E-state index in [4.69, 9.17) is 9.47 Å². The molecule has 0 aromatic rings. The van der Waals surface area contributed by atoms with Crippen molar-refractivity contribution in [2.24, 2.45) is 5.92 Å². The van der Waals surface area contributed by atoms with Crippen molar-refractivity contribution in [1.29, 1.82) is 0 Å². The predicted octanol–water partition coefficient (Wildman–Crippen LogP) is 3.00. The summed E-state index contributed by atoms with van der Waals surface area (Å²) >= 11 is 2.00. The monoisotopic (exact) mass is 300 g/mol. The molecule has 3 rings (SSSR count). The van der Waals surface area contributed by atoms with Gasteiger partial charge in [-0.15, -0.1) is 0 Å². The fourth-order valence-corrected chi connectivity index (χ4v) is 5.78. The Labute approximate surface area is 126 Å². The molecule has 3 nitrogen and oxygen atoms in total. The van der Waals surface area contributed by atoms with Crippen molar-refractivity contribution >= 4 is 11.8 Å². The Bertz CT molecular complexity index is 322. The first-order chi connectivity index (χ1) is 9.70. The van der Waals surface area contributed by atoms with Gasteiger partial charge in [-0.2, -0.15) is 11.8 Å².